The number of hydrogen-bond donors (Lipinski definition) is 1. The lowest BCUT2D eigenvalue weighted by atomic mass is 10.2. The fraction of sp³-hybridized carbons (Fsp3) is 0.357. The van der Waals surface area contributed by atoms with Gasteiger partial charge in [-0.1, -0.05) is 0 Å². The number of fused-ring (bicyclic) bond motifs is 1. The van der Waals surface area contributed by atoms with Crippen LogP contribution in [0.25, 0.3) is 11.4 Å². The summed E-state index contributed by atoms with van der Waals surface area (Å²) < 4.78 is 13.9. The van der Waals surface area contributed by atoms with Gasteiger partial charge in [0, 0.05) is 25.6 Å². The lowest BCUT2D eigenvalue weighted by Crippen LogP contribution is -2.15. The molecule has 1 aliphatic heterocycles. The number of aromatic nitrogens is 2. The number of aliphatic hydroxyl groups excluding tert-OH is 1. The first kappa shape index (κ1) is 13.5. The van der Waals surface area contributed by atoms with Crippen LogP contribution in [0.5, 0.6) is 11.5 Å². The van der Waals surface area contributed by atoms with Gasteiger partial charge in [-0.2, -0.15) is 0 Å². The van der Waals surface area contributed by atoms with Gasteiger partial charge in [-0.25, -0.2) is 4.98 Å². The van der Waals surface area contributed by atoms with Crippen molar-refractivity contribution in [1.82, 2.24) is 9.55 Å². The van der Waals surface area contributed by atoms with Crippen LogP contribution in [-0.4, -0.2) is 34.5 Å². The summed E-state index contributed by atoms with van der Waals surface area (Å²) in [6.45, 7) is 1.25. The monoisotopic (exact) mass is 338 g/mol. The van der Waals surface area contributed by atoms with Gasteiger partial charge >= 0.3 is 0 Å². The molecule has 1 aliphatic rings. The molecule has 0 bridgehead atoms. The molecule has 0 saturated heterocycles. The Hall–Kier alpha value is -1.53. The average molecular weight is 339 g/mol. The fourth-order valence-corrected chi connectivity index (χ4v) is 2.95. The van der Waals surface area contributed by atoms with Crippen molar-refractivity contribution in [2.75, 3.05) is 19.8 Å². The minimum Gasteiger partial charge on any atom is -0.486 e. The summed E-state index contributed by atoms with van der Waals surface area (Å²) in [6, 6.07) is 5.80. The van der Waals surface area contributed by atoms with E-state index in [4.69, 9.17) is 14.6 Å². The number of aliphatic hydroxyl groups is 1. The highest BCUT2D eigenvalue weighted by atomic mass is 79.9. The van der Waals surface area contributed by atoms with E-state index in [0.29, 0.717) is 19.6 Å². The molecular formula is C14H15BrN2O3. The second-order valence-corrected chi connectivity index (χ2v) is 5.32. The molecule has 0 aliphatic carbocycles. The van der Waals surface area contributed by atoms with Crippen molar-refractivity contribution >= 4 is 15.9 Å². The maximum Gasteiger partial charge on any atom is 0.162 e. The Kier molecular flexibility index (Phi) is 3.67. The van der Waals surface area contributed by atoms with Crippen LogP contribution in [0.2, 0.25) is 0 Å². The van der Waals surface area contributed by atoms with Gasteiger partial charge in [-0.3, -0.25) is 0 Å². The van der Waals surface area contributed by atoms with E-state index in [1.165, 1.54) is 0 Å². The smallest absolute Gasteiger partial charge is 0.162 e. The van der Waals surface area contributed by atoms with Crippen molar-refractivity contribution in [3.8, 4) is 22.9 Å². The quantitative estimate of drug-likeness (QED) is 0.931. The van der Waals surface area contributed by atoms with Gasteiger partial charge in [0.05, 0.1) is 5.69 Å². The Bertz CT molecular complexity index is 640. The zero-order valence-electron chi connectivity index (χ0n) is 11.1. The minimum atomic E-state index is 0.0959. The molecule has 1 aromatic heterocycles. The van der Waals surface area contributed by atoms with Crippen molar-refractivity contribution in [3.05, 3.63) is 28.5 Å². The molecule has 0 spiro atoms. The average Bonchev–Trinajstić information content (AvgIpc) is 2.75. The molecule has 0 amide bonds. The topological polar surface area (TPSA) is 56.5 Å². The van der Waals surface area contributed by atoms with E-state index in [1.807, 2.05) is 29.8 Å². The van der Waals surface area contributed by atoms with Gasteiger partial charge in [0.15, 0.2) is 11.5 Å². The Morgan fingerprint density at radius 1 is 1.30 bits per heavy atom. The van der Waals surface area contributed by atoms with E-state index in [9.17, 15) is 0 Å². The third kappa shape index (κ3) is 2.29. The third-order valence-corrected chi connectivity index (χ3v) is 3.95. The number of benzene rings is 1. The molecular weight excluding hydrogens is 324 g/mol. The molecule has 20 heavy (non-hydrogen) atoms. The zero-order valence-corrected chi connectivity index (χ0v) is 12.7. The van der Waals surface area contributed by atoms with E-state index < -0.39 is 0 Å². The lowest BCUT2D eigenvalue weighted by molar-refractivity contribution is 0.171. The molecule has 106 valence electrons. The van der Waals surface area contributed by atoms with Crippen LogP contribution in [0.4, 0.5) is 0 Å². The van der Waals surface area contributed by atoms with E-state index in [0.717, 1.165) is 33.2 Å². The largest absolute Gasteiger partial charge is 0.486 e. The maximum atomic E-state index is 9.11. The molecule has 2 heterocycles. The van der Waals surface area contributed by atoms with Crippen molar-refractivity contribution < 1.29 is 14.6 Å². The number of ether oxygens (including phenoxy) is 2. The second kappa shape index (κ2) is 5.46. The van der Waals surface area contributed by atoms with Crippen molar-refractivity contribution in [2.45, 2.75) is 6.42 Å². The van der Waals surface area contributed by atoms with E-state index in [-0.39, 0.29) is 6.61 Å². The fourth-order valence-electron chi connectivity index (χ4n) is 2.32. The number of halogens is 1. The molecule has 0 fully saturated rings. The van der Waals surface area contributed by atoms with Crippen molar-refractivity contribution in [1.29, 1.82) is 0 Å². The molecule has 0 atom stereocenters. The predicted octanol–water partition coefficient (Wildman–Crippen LogP) is 2.16. The highest BCUT2D eigenvalue weighted by molar-refractivity contribution is 9.10. The highest BCUT2D eigenvalue weighted by Gasteiger charge is 2.17. The van der Waals surface area contributed by atoms with Crippen LogP contribution in [0.3, 0.4) is 0 Å². The second-order valence-electron chi connectivity index (χ2n) is 4.56. The van der Waals surface area contributed by atoms with Crippen LogP contribution in [0.1, 0.15) is 5.69 Å². The summed E-state index contributed by atoms with van der Waals surface area (Å²) in [5.74, 6) is 2.35. The van der Waals surface area contributed by atoms with Gasteiger partial charge in [0.25, 0.3) is 0 Å². The number of rotatable bonds is 3. The van der Waals surface area contributed by atoms with Crippen LogP contribution in [0, 0.1) is 0 Å². The molecule has 0 saturated carbocycles. The molecule has 0 unspecified atom stereocenters. The first-order valence-corrected chi connectivity index (χ1v) is 7.22. The summed E-state index contributed by atoms with van der Waals surface area (Å²) in [5, 5.41) is 9.11. The molecule has 3 rings (SSSR count). The van der Waals surface area contributed by atoms with Gasteiger partial charge in [-0.15, -0.1) is 0 Å². The molecule has 5 nitrogen and oxygen atoms in total. The molecule has 6 heteroatoms. The van der Waals surface area contributed by atoms with Crippen molar-refractivity contribution in [2.24, 2.45) is 7.05 Å². The normalized spacial score (nSPS) is 13.6. The number of imidazole rings is 1. The van der Waals surface area contributed by atoms with Gasteiger partial charge < -0.3 is 19.1 Å². The first-order valence-electron chi connectivity index (χ1n) is 6.42. The van der Waals surface area contributed by atoms with E-state index in [1.54, 1.807) is 0 Å². The predicted molar refractivity (Wildman–Crippen MR) is 78.1 cm³/mol. The molecule has 1 aromatic carbocycles. The van der Waals surface area contributed by atoms with Gasteiger partial charge in [-0.05, 0) is 34.1 Å². The Morgan fingerprint density at radius 2 is 2.05 bits per heavy atom. The molecule has 2 aromatic rings. The van der Waals surface area contributed by atoms with Gasteiger partial charge in [0.2, 0.25) is 0 Å². The zero-order chi connectivity index (χ0) is 14.1. The Balaban J connectivity index is 2.03. The summed E-state index contributed by atoms with van der Waals surface area (Å²) in [5.41, 5.74) is 1.93. The third-order valence-electron chi connectivity index (χ3n) is 3.31. The van der Waals surface area contributed by atoms with Crippen LogP contribution < -0.4 is 9.47 Å². The van der Waals surface area contributed by atoms with E-state index in [2.05, 4.69) is 20.9 Å². The minimum absolute atomic E-state index is 0.0959. The van der Waals surface area contributed by atoms with E-state index >= 15 is 0 Å². The SMILES string of the molecule is Cn1c(-c2ccc3c(c2)OCCO3)nc(Br)c1CCO. The summed E-state index contributed by atoms with van der Waals surface area (Å²) in [4.78, 5) is 4.52. The number of nitrogens with zero attached hydrogens (tertiary/aromatic N) is 2. The van der Waals surface area contributed by atoms with Crippen LogP contribution in [0.15, 0.2) is 22.8 Å². The maximum absolute atomic E-state index is 9.11. The highest BCUT2D eigenvalue weighted by Crippen LogP contribution is 2.35. The summed E-state index contributed by atoms with van der Waals surface area (Å²) in [6.07, 6.45) is 0.564. The summed E-state index contributed by atoms with van der Waals surface area (Å²) >= 11 is 3.44. The Morgan fingerprint density at radius 3 is 2.80 bits per heavy atom. The number of hydrogen-bond acceptors (Lipinski definition) is 4. The Labute approximate surface area is 125 Å². The van der Waals surface area contributed by atoms with Crippen LogP contribution >= 0.6 is 15.9 Å². The summed E-state index contributed by atoms with van der Waals surface area (Å²) in [7, 11) is 1.94. The van der Waals surface area contributed by atoms with Crippen LogP contribution in [-0.2, 0) is 13.5 Å². The van der Waals surface area contributed by atoms with Gasteiger partial charge in [0.1, 0.15) is 23.6 Å². The van der Waals surface area contributed by atoms with Crippen molar-refractivity contribution in [3.63, 3.8) is 0 Å². The first-order chi connectivity index (χ1) is 9.70. The molecule has 0 radical (unpaired) electrons. The lowest BCUT2D eigenvalue weighted by Gasteiger charge is -2.18. The molecule has 1 N–H and O–H groups in total. The standard InChI is InChI=1S/C14H15BrN2O3/c1-17-10(4-5-18)13(15)16-14(17)9-2-3-11-12(8-9)20-7-6-19-11/h2-3,8,18H,4-7H2,1H3.